The molecule has 3 rings (SSSR count). The summed E-state index contributed by atoms with van der Waals surface area (Å²) in [6.07, 6.45) is 2.99. The van der Waals surface area contributed by atoms with Crippen LogP contribution >= 0.6 is 0 Å². The molecular weight excluding hydrogens is 274 g/mol. The van der Waals surface area contributed by atoms with E-state index in [9.17, 15) is 4.79 Å². The number of aryl methyl sites for hydroxylation is 1. The monoisotopic (exact) mass is 295 g/mol. The maximum absolute atomic E-state index is 12.2. The third kappa shape index (κ3) is 3.64. The van der Waals surface area contributed by atoms with Crippen molar-refractivity contribution in [2.75, 3.05) is 5.32 Å². The Bertz CT molecular complexity index is 642. The van der Waals surface area contributed by atoms with E-state index in [1.165, 1.54) is 0 Å². The Hall–Kier alpha value is -2.36. The van der Waals surface area contributed by atoms with Crippen molar-refractivity contribution in [2.24, 2.45) is 0 Å². The van der Waals surface area contributed by atoms with Crippen LogP contribution in [-0.2, 0) is 0 Å². The van der Waals surface area contributed by atoms with Crippen molar-refractivity contribution in [3.05, 3.63) is 59.8 Å². The standard InChI is InChI=1S/C18H21N3O/c1-13-6-5-9-17(19-13)20-15-10-11-16(12-15)21-18(22)14-7-3-2-4-8-14/h2-9,15-16H,10-12H2,1H3,(H,19,20)(H,21,22)/t15?,16-/m0/s1. The number of hydrogen-bond acceptors (Lipinski definition) is 3. The van der Waals surface area contributed by atoms with Gasteiger partial charge in [-0.15, -0.1) is 0 Å². The Balaban J connectivity index is 1.53. The van der Waals surface area contributed by atoms with E-state index in [0.29, 0.717) is 6.04 Å². The largest absolute Gasteiger partial charge is 0.367 e. The lowest BCUT2D eigenvalue weighted by atomic mass is 10.2. The molecule has 1 aromatic heterocycles. The number of anilines is 1. The first-order valence-electron chi connectivity index (χ1n) is 7.77. The van der Waals surface area contributed by atoms with Crippen molar-refractivity contribution >= 4 is 11.7 Å². The number of nitrogens with one attached hydrogen (secondary N) is 2. The van der Waals surface area contributed by atoms with Gasteiger partial charge in [-0.05, 0) is 50.5 Å². The third-order valence-electron chi connectivity index (χ3n) is 4.04. The van der Waals surface area contributed by atoms with Crippen LogP contribution in [0.15, 0.2) is 48.5 Å². The second-order valence-corrected chi connectivity index (χ2v) is 5.85. The van der Waals surface area contributed by atoms with Gasteiger partial charge in [0.1, 0.15) is 5.82 Å². The van der Waals surface area contributed by atoms with Gasteiger partial charge in [0.2, 0.25) is 0 Å². The molecule has 1 aromatic carbocycles. The number of nitrogens with zero attached hydrogens (tertiary/aromatic N) is 1. The zero-order valence-corrected chi connectivity index (χ0v) is 12.8. The van der Waals surface area contributed by atoms with E-state index in [2.05, 4.69) is 15.6 Å². The number of amides is 1. The number of carbonyl (C=O) groups excluding carboxylic acids is 1. The minimum Gasteiger partial charge on any atom is -0.367 e. The predicted octanol–water partition coefficient (Wildman–Crippen LogP) is 3.15. The molecule has 0 saturated heterocycles. The van der Waals surface area contributed by atoms with Crippen LogP contribution in [0, 0.1) is 6.92 Å². The Morgan fingerprint density at radius 1 is 1.05 bits per heavy atom. The van der Waals surface area contributed by atoms with Crippen LogP contribution in [0.2, 0.25) is 0 Å². The fraction of sp³-hybridized carbons (Fsp3) is 0.333. The van der Waals surface area contributed by atoms with Gasteiger partial charge >= 0.3 is 0 Å². The normalized spacial score (nSPS) is 20.6. The van der Waals surface area contributed by atoms with E-state index in [4.69, 9.17) is 0 Å². The lowest BCUT2D eigenvalue weighted by Gasteiger charge is -2.15. The quantitative estimate of drug-likeness (QED) is 0.911. The second kappa shape index (κ2) is 6.60. The molecule has 2 aromatic rings. The van der Waals surface area contributed by atoms with Crippen LogP contribution in [-0.4, -0.2) is 23.0 Å². The van der Waals surface area contributed by atoms with Gasteiger partial charge in [0.05, 0.1) is 0 Å². The molecule has 0 aliphatic heterocycles. The molecule has 4 heteroatoms. The molecule has 1 saturated carbocycles. The van der Waals surface area contributed by atoms with Crippen molar-refractivity contribution in [3.8, 4) is 0 Å². The first-order valence-corrected chi connectivity index (χ1v) is 7.77. The Kier molecular flexibility index (Phi) is 4.37. The van der Waals surface area contributed by atoms with E-state index in [-0.39, 0.29) is 11.9 Å². The molecule has 0 spiro atoms. The highest BCUT2D eigenvalue weighted by Crippen LogP contribution is 2.22. The summed E-state index contributed by atoms with van der Waals surface area (Å²) in [5.74, 6) is 0.931. The molecule has 1 fully saturated rings. The fourth-order valence-corrected chi connectivity index (χ4v) is 2.93. The molecule has 0 bridgehead atoms. The summed E-state index contributed by atoms with van der Waals surface area (Å²) in [6.45, 7) is 1.99. The summed E-state index contributed by atoms with van der Waals surface area (Å²) in [7, 11) is 0. The fourth-order valence-electron chi connectivity index (χ4n) is 2.93. The van der Waals surface area contributed by atoms with Crippen molar-refractivity contribution < 1.29 is 4.79 Å². The van der Waals surface area contributed by atoms with Gasteiger partial charge in [-0.3, -0.25) is 4.79 Å². The van der Waals surface area contributed by atoms with E-state index in [1.807, 2.05) is 55.5 Å². The number of aromatic nitrogens is 1. The lowest BCUT2D eigenvalue weighted by molar-refractivity contribution is 0.0938. The van der Waals surface area contributed by atoms with Gasteiger partial charge in [0.25, 0.3) is 5.91 Å². The van der Waals surface area contributed by atoms with Gasteiger partial charge in [0, 0.05) is 23.3 Å². The smallest absolute Gasteiger partial charge is 0.251 e. The highest BCUT2D eigenvalue weighted by Gasteiger charge is 2.26. The summed E-state index contributed by atoms with van der Waals surface area (Å²) < 4.78 is 0. The third-order valence-corrected chi connectivity index (χ3v) is 4.04. The number of hydrogen-bond donors (Lipinski definition) is 2. The van der Waals surface area contributed by atoms with Gasteiger partial charge in [-0.1, -0.05) is 24.3 Å². The van der Waals surface area contributed by atoms with Gasteiger partial charge < -0.3 is 10.6 Å². The van der Waals surface area contributed by atoms with E-state index in [1.54, 1.807) is 0 Å². The molecule has 2 N–H and O–H groups in total. The molecule has 1 heterocycles. The Morgan fingerprint density at radius 2 is 1.82 bits per heavy atom. The first kappa shape index (κ1) is 14.6. The van der Waals surface area contributed by atoms with E-state index < -0.39 is 0 Å². The van der Waals surface area contributed by atoms with E-state index in [0.717, 1.165) is 36.3 Å². The van der Waals surface area contributed by atoms with Crippen molar-refractivity contribution in [3.63, 3.8) is 0 Å². The summed E-state index contributed by atoms with van der Waals surface area (Å²) in [6, 6.07) is 16.0. The maximum atomic E-state index is 12.2. The predicted molar refractivity (Wildman–Crippen MR) is 87.9 cm³/mol. The van der Waals surface area contributed by atoms with E-state index >= 15 is 0 Å². The number of benzene rings is 1. The molecule has 1 aliphatic rings. The minimum absolute atomic E-state index is 0.0138. The minimum atomic E-state index is 0.0138. The SMILES string of the molecule is Cc1cccc(NC2CC[C@H](NC(=O)c3ccccc3)C2)n1. The average molecular weight is 295 g/mol. The van der Waals surface area contributed by atoms with Crippen LogP contribution in [0.4, 0.5) is 5.82 Å². The average Bonchev–Trinajstić information content (AvgIpc) is 2.95. The molecule has 0 radical (unpaired) electrons. The first-order chi connectivity index (χ1) is 10.7. The molecule has 114 valence electrons. The molecule has 22 heavy (non-hydrogen) atoms. The number of carbonyl (C=O) groups is 1. The summed E-state index contributed by atoms with van der Waals surface area (Å²) in [4.78, 5) is 16.6. The van der Waals surface area contributed by atoms with Gasteiger partial charge in [-0.2, -0.15) is 0 Å². The molecule has 2 atom stereocenters. The lowest BCUT2D eigenvalue weighted by Crippen LogP contribution is -2.33. The molecular formula is C18H21N3O. The molecule has 1 amide bonds. The maximum Gasteiger partial charge on any atom is 0.251 e. The summed E-state index contributed by atoms with van der Waals surface area (Å²) in [5.41, 5.74) is 1.73. The van der Waals surface area contributed by atoms with Crippen LogP contribution in [0.3, 0.4) is 0 Å². The van der Waals surface area contributed by atoms with Crippen LogP contribution < -0.4 is 10.6 Å². The van der Waals surface area contributed by atoms with Crippen molar-refractivity contribution in [2.45, 2.75) is 38.3 Å². The zero-order chi connectivity index (χ0) is 15.4. The zero-order valence-electron chi connectivity index (χ0n) is 12.8. The summed E-state index contributed by atoms with van der Waals surface area (Å²) >= 11 is 0. The van der Waals surface area contributed by atoms with Gasteiger partial charge in [-0.25, -0.2) is 4.98 Å². The number of rotatable bonds is 4. The van der Waals surface area contributed by atoms with Gasteiger partial charge in [0.15, 0.2) is 0 Å². The molecule has 4 nitrogen and oxygen atoms in total. The highest BCUT2D eigenvalue weighted by atomic mass is 16.1. The Morgan fingerprint density at radius 3 is 2.59 bits per heavy atom. The van der Waals surface area contributed by atoms with Crippen LogP contribution in [0.25, 0.3) is 0 Å². The van der Waals surface area contributed by atoms with Crippen LogP contribution in [0.5, 0.6) is 0 Å². The second-order valence-electron chi connectivity index (χ2n) is 5.85. The molecule has 1 unspecified atom stereocenters. The number of pyridine rings is 1. The Labute approximate surface area is 131 Å². The molecule has 1 aliphatic carbocycles. The van der Waals surface area contributed by atoms with Crippen molar-refractivity contribution in [1.82, 2.24) is 10.3 Å². The van der Waals surface area contributed by atoms with Crippen molar-refractivity contribution in [1.29, 1.82) is 0 Å². The van der Waals surface area contributed by atoms with Crippen LogP contribution in [0.1, 0.15) is 35.3 Å². The topological polar surface area (TPSA) is 54.0 Å². The summed E-state index contributed by atoms with van der Waals surface area (Å²) in [5, 5.41) is 6.59. The highest BCUT2D eigenvalue weighted by molar-refractivity contribution is 5.94.